The van der Waals surface area contributed by atoms with Crippen LogP contribution >= 0.6 is 0 Å². The summed E-state index contributed by atoms with van der Waals surface area (Å²) in [6, 6.07) is -1.17. The minimum atomic E-state index is -1.68. The summed E-state index contributed by atoms with van der Waals surface area (Å²) in [7, 11) is 0. The molecule has 146 valence electrons. The Balaban J connectivity index is 2.19. The maximum Gasteiger partial charge on any atom is 0.217 e. The molecule has 0 aromatic carbocycles. The van der Waals surface area contributed by atoms with Crippen LogP contribution in [0.2, 0.25) is 0 Å². The van der Waals surface area contributed by atoms with Crippen LogP contribution < -0.4 is 5.32 Å². The number of nitrogens with one attached hydrogen (secondary N) is 1. The normalized spacial score (nSPS) is 48.2. The van der Waals surface area contributed by atoms with E-state index in [1.807, 2.05) is 0 Å². The van der Waals surface area contributed by atoms with Crippen molar-refractivity contribution in [2.75, 3.05) is 6.61 Å². The molecule has 10 atom stereocenters. The van der Waals surface area contributed by atoms with E-state index in [2.05, 4.69) is 5.32 Å². The molecular formula is C14H25NO10. The molecule has 4 unspecified atom stereocenters. The lowest BCUT2D eigenvalue weighted by atomic mass is 9.96. The number of rotatable bonds is 4. The Morgan fingerprint density at radius 2 is 1.68 bits per heavy atom. The number of aliphatic hydroxyl groups excluding tert-OH is 6. The van der Waals surface area contributed by atoms with Crippen molar-refractivity contribution in [2.24, 2.45) is 0 Å². The van der Waals surface area contributed by atoms with Gasteiger partial charge in [-0.05, 0) is 6.92 Å². The predicted molar refractivity (Wildman–Crippen MR) is 78.8 cm³/mol. The minimum absolute atomic E-state index is 0.517. The molecule has 0 aromatic rings. The first-order chi connectivity index (χ1) is 11.7. The molecule has 11 nitrogen and oxygen atoms in total. The van der Waals surface area contributed by atoms with Gasteiger partial charge in [-0.2, -0.15) is 0 Å². The van der Waals surface area contributed by atoms with E-state index in [0.29, 0.717) is 0 Å². The van der Waals surface area contributed by atoms with Gasteiger partial charge in [0.15, 0.2) is 12.6 Å². The molecule has 0 spiro atoms. The molecule has 2 saturated heterocycles. The first-order valence-corrected chi connectivity index (χ1v) is 7.92. The van der Waals surface area contributed by atoms with Crippen LogP contribution in [0, 0.1) is 0 Å². The molecular weight excluding hydrogens is 342 g/mol. The van der Waals surface area contributed by atoms with Crippen molar-refractivity contribution >= 4 is 5.91 Å². The van der Waals surface area contributed by atoms with Crippen molar-refractivity contribution in [3.05, 3.63) is 0 Å². The largest absolute Gasteiger partial charge is 0.394 e. The molecule has 11 heteroatoms. The molecule has 0 bridgehead atoms. The quantitative estimate of drug-likeness (QED) is 0.257. The van der Waals surface area contributed by atoms with Crippen molar-refractivity contribution < 1.29 is 49.6 Å². The second kappa shape index (κ2) is 8.20. The zero-order valence-electron chi connectivity index (χ0n) is 13.8. The Hall–Kier alpha value is -0.890. The number of ether oxygens (including phenoxy) is 3. The molecule has 7 N–H and O–H groups in total. The second-order valence-corrected chi connectivity index (χ2v) is 6.25. The maximum absolute atomic E-state index is 11.3. The maximum atomic E-state index is 11.3. The monoisotopic (exact) mass is 367 g/mol. The zero-order chi connectivity index (χ0) is 18.9. The van der Waals surface area contributed by atoms with Crippen molar-refractivity contribution in [3.8, 4) is 0 Å². The molecule has 2 heterocycles. The van der Waals surface area contributed by atoms with Gasteiger partial charge in [-0.1, -0.05) is 0 Å². The van der Waals surface area contributed by atoms with Crippen LogP contribution in [0.4, 0.5) is 0 Å². The predicted octanol–water partition coefficient (Wildman–Crippen LogP) is -4.23. The molecule has 0 radical (unpaired) electrons. The highest BCUT2D eigenvalue weighted by Crippen LogP contribution is 2.28. The summed E-state index contributed by atoms with van der Waals surface area (Å²) in [4.78, 5) is 11.3. The fraction of sp³-hybridized carbons (Fsp3) is 0.929. The third kappa shape index (κ3) is 4.27. The molecule has 0 saturated carbocycles. The smallest absolute Gasteiger partial charge is 0.217 e. The highest BCUT2D eigenvalue weighted by Gasteiger charge is 2.50. The molecule has 25 heavy (non-hydrogen) atoms. The number of carbonyl (C=O) groups is 1. The number of carbonyl (C=O) groups excluding carboxylic acids is 1. The van der Waals surface area contributed by atoms with Crippen LogP contribution in [-0.4, -0.2) is 105 Å². The first kappa shape index (κ1) is 20.4. The van der Waals surface area contributed by atoms with Gasteiger partial charge in [0, 0.05) is 6.92 Å². The van der Waals surface area contributed by atoms with E-state index in [-0.39, 0.29) is 0 Å². The lowest BCUT2D eigenvalue weighted by Gasteiger charge is -2.46. The second-order valence-electron chi connectivity index (χ2n) is 6.25. The summed E-state index contributed by atoms with van der Waals surface area (Å²) < 4.78 is 15.8. The first-order valence-electron chi connectivity index (χ1n) is 7.92. The topological polar surface area (TPSA) is 178 Å². The number of hydrogen-bond acceptors (Lipinski definition) is 10. The van der Waals surface area contributed by atoms with Gasteiger partial charge < -0.3 is 50.2 Å². The van der Waals surface area contributed by atoms with Crippen LogP contribution in [0.5, 0.6) is 0 Å². The average Bonchev–Trinajstić information content (AvgIpc) is 2.55. The minimum Gasteiger partial charge on any atom is -0.394 e. The van der Waals surface area contributed by atoms with E-state index in [4.69, 9.17) is 14.2 Å². The van der Waals surface area contributed by atoms with Gasteiger partial charge in [0.1, 0.15) is 42.7 Å². The molecule has 2 aliphatic rings. The average molecular weight is 367 g/mol. The molecule has 1 amide bonds. The Bertz CT molecular complexity index is 463. The van der Waals surface area contributed by atoms with Gasteiger partial charge >= 0.3 is 0 Å². The van der Waals surface area contributed by atoms with Gasteiger partial charge in [-0.15, -0.1) is 0 Å². The van der Waals surface area contributed by atoms with Crippen LogP contribution in [0.3, 0.4) is 0 Å². The highest BCUT2D eigenvalue weighted by molar-refractivity contribution is 5.73. The Kier molecular flexibility index (Phi) is 6.70. The highest BCUT2D eigenvalue weighted by atomic mass is 16.7. The summed E-state index contributed by atoms with van der Waals surface area (Å²) in [5.41, 5.74) is 0. The fourth-order valence-corrected chi connectivity index (χ4v) is 2.91. The van der Waals surface area contributed by atoms with E-state index in [1.54, 1.807) is 0 Å². The standard InChI is InChI=1S/C14H25NO10/c1-4-8(18)12(7(13(22)23-4)15-5(2)17)25-14-11(21)10(20)9(19)6(3-16)24-14/h4,6-14,16,18-22H,3H2,1-2H3,(H,15,17)/t4?,6?,7-,8+,9+,10?,11-,12?,13+,14-/m0/s1. The third-order valence-electron chi connectivity index (χ3n) is 4.34. The van der Waals surface area contributed by atoms with Crippen LogP contribution in [-0.2, 0) is 19.0 Å². The lowest BCUT2D eigenvalue weighted by molar-refractivity contribution is -0.339. The van der Waals surface area contributed by atoms with Gasteiger partial charge in [-0.3, -0.25) is 4.79 Å². The summed E-state index contributed by atoms with van der Waals surface area (Å²) >= 11 is 0. The summed E-state index contributed by atoms with van der Waals surface area (Å²) in [6.07, 6.45) is -12.5. The van der Waals surface area contributed by atoms with Crippen LogP contribution in [0.1, 0.15) is 13.8 Å². The van der Waals surface area contributed by atoms with E-state index in [0.717, 1.165) is 0 Å². The molecule has 2 rings (SSSR count). The van der Waals surface area contributed by atoms with Gasteiger partial charge in [0.25, 0.3) is 0 Å². The molecule has 0 aliphatic carbocycles. The third-order valence-corrected chi connectivity index (χ3v) is 4.34. The number of amides is 1. The van der Waals surface area contributed by atoms with Gasteiger partial charge in [0.05, 0.1) is 12.7 Å². The number of aliphatic hydroxyl groups is 6. The van der Waals surface area contributed by atoms with Crippen molar-refractivity contribution in [1.29, 1.82) is 0 Å². The summed E-state index contributed by atoms with van der Waals surface area (Å²) in [5.74, 6) is -0.517. The Labute approximate surface area is 143 Å². The SMILES string of the molecule is CC(=O)N[C@H]1C(O[C@@H]2OC(CO)[C@@H](O)C(O)[C@@H]2O)[C@H](O)C(C)O[C@H]1O. The zero-order valence-corrected chi connectivity index (χ0v) is 13.8. The lowest BCUT2D eigenvalue weighted by Crippen LogP contribution is -2.66. The van der Waals surface area contributed by atoms with Crippen LogP contribution in [0.15, 0.2) is 0 Å². The molecule has 0 aromatic heterocycles. The van der Waals surface area contributed by atoms with Crippen molar-refractivity contribution in [1.82, 2.24) is 5.32 Å². The Morgan fingerprint density at radius 1 is 1.04 bits per heavy atom. The summed E-state index contributed by atoms with van der Waals surface area (Å²) in [5, 5.41) is 61.5. The van der Waals surface area contributed by atoms with Crippen molar-refractivity contribution in [3.63, 3.8) is 0 Å². The summed E-state index contributed by atoms with van der Waals surface area (Å²) in [6.45, 7) is 2.03. The van der Waals surface area contributed by atoms with Crippen LogP contribution in [0.25, 0.3) is 0 Å². The van der Waals surface area contributed by atoms with E-state index < -0.39 is 73.9 Å². The molecule has 2 aliphatic heterocycles. The fourth-order valence-electron chi connectivity index (χ4n) is 2.91. The van der Waals surface area contributed by atoms with E-state index in [1.165, 1.54) is 13.8 Å². The van der Waals surface area contributed by atoms with E-state index >= 15 is 0 Å². The van der Waals surface area contributed by atoms with Gasteiger partial charge in [-0.25, -0.2) is 0 Å². The van der Waals surface area contributed by atoms with E-state index in [9.17, 15) is 35.4 Å². The molecule has 2 fully saturated rings. The van der Waals surface area contributed by atoms with Gasteiger partial charge in [0.2, 0.25) is 5.91 Å². The Morgan fingerprint density at radius 3 is 2.24 bits per heavy atom. The number of hydrogen-bond donors (Lipinski definition) is 7. The van der Waals surface area contributed by atoms with Crippen molar-refractivity contribution in [2.45, 2.75) is 75.2 Å².